The van der Waals surface area contributed by atoms with Crippen LogP contribution in [0.25, 0.3) is 5.69 Å². The van der Waals surface area contributed by atoms with Crippen LogP contribution in [0.5, 0.6) is 0 Å². The van der Waals surface area contributed by atoms with E-state index in [1.807, 2.05) is 35.3 Å². The summed E-state index contributed by atoms with van der Waals surface area (Å²) in [5.41, 5.74) is 3.51. The van der Waals surface area contributed by atoms with E-state index in [1.165, 1.54) is 34.1 Å². The summed E-state index contributed by atoms with van der Waals surface area (Å²) >= 11 is 1.81. The zero-order valence-corrected chi connectivity index (χ0v) is 16.2. The highest BCUT2D eigenvalue weighted by Gasteiger charge is 2.17. The number of benzene rings is 1. The first kappa shape index (κ1) is 17.2. The topological polar surface area (TPSA) is 46.0 Å². The number of hydrogen-bond donors (Lipinski definition) is 1. The quantitative estimate of drug-likeness (QED) is 0.713. The Morgan fingerprint density at radius 1 is 1.15 bits per heavy atom. The third-order valence-corrected chi connectivity index (χ3v) is 6.07. The summed E-state index contributed by atoms with van der Waals surface area (Å²) in [4.78, 5) is 8.28. The van der Waals surface area contributed by atoms with Gasteiger partial charge in [-0.3, -0.25) is 0 Å². The molecule has 4 rings (SSSR count). The van der Waals surface area contributed by atoms with Crippen LogP contribution in [0.4, 0.5) is 5.13 Å². The maximum absolute atomic E-state index is 4.60. The molecule has 26 heavy (non-hydrogen) atoms. The molecule has 1 aromatic carbocycles. The van der Waals surface area contributed by atoms with E-state index < -0.39 is 0 Å². The maximum Gasteiger partial charge on any atom is 0.185 e. The van der Waals surface area contributed by atoms with Crippen molar-refractivity contribution in [3.8, 4) is 5.69 Å². The van der Waals surface area contributed by atoms with Gasteiger partial charge in [-0.1, -0.05) is 18.2 Å². The van der Waals surface area contributed by atoms with Crippen LogP contribution in [0.1, 0.15) is 41.9 Å². The van der Waals surface area contributed by atoms with Crippen molar-refractivity contribution in [3.05, 3.63) is 58.9 Å². The zero-order chi connectivity index (χ0) is 17.9. The van der Waals surface area contributed by atoms with Gasteiger partial charge in [0.1, 0.15) is 0 Å². The number of thiazole rings is 1. The third-order valence-electron chi connectivity index (χ3n) is 5.02. The molecule has 0 amide bonds. The molecule has 0 spiro atoms. The largest absolute Gasteiger partial charge is 0.348 e. The third kappa shape index (κ3) is 3.52. The number of anilines is 1. The lowest BCUT2D eigenvalue weighted by atomic mass is 10.1. The smallest absolute Gasteiger partial charge is 0.185 e. The SMILES string of the molecule is Cc1c(C(C)NCc2cnc(N3CCCC3)s2)cnn1-c1ccccc1. The highest BCUT2D eigenvalue weighted by atomic mass is 32.1. The second-order valence-electron chi connectivity index (χ2n) is 6.84. The number of rotatable bonds is 6. The molecule has 1 atom stereocenters. The van der Waals surface area contributed by atoms with Gasteiger partial charge in [0, 0.05) is 48.0 Å². The van der Waals surface area contributed by atoms with Crippen molar-refractivity contribution in [3.63, 3.8) is 0 Å². The summed E-state index contributed by atoms with van der Waals surface area (Å²) in [5, 5.41) is 9.37. The Morgan fingerprint density at radius 3 is 2.69 bits per heavy atom. The van der Waals surface area contributed by atoms with Gasteiger partial charge in [0.05, 0.1) is 11.9 Å². The van der Waals surface area contributed by atoms with Gasteiger partial charge in [-0.2, -0.15) is 5.10 Å². The number of aromatic nitrogens is 3. The number of hydrogen-bond acceptors (Lipinski definition) is 5. The summed E-state index contributed by atoms with van der Waals surface area (Å²) in [7, 11) is 0. The van der Waals surface area contributed by atoms with E-state index in [-0.39, 0.29) is 6.04 Å². The van der Waals surface area contributed by atoms with Crippen LogP contribution >= 0.6 is 11.3 Å². The Morgan fingerprint density at radius 2 is 1.92 bits per heavy atom. The first-order valence-electron chi connectivity index (χ1n) is 9.25. The molecule has 1 aliphatic heterocycles. The molecule has 1 N–H and O–H groups in total. The first-order valence-corrected chi connectivity index (χ1v) is 10.1. The van der Waals surface area contributed by atoms with Gasteiger partial charge in [0.25, 0.3) is 0 Å². The maximum atomic E-state index is 4.60. The summed E-state index contributed by atoms with van der Waals surface area (Å²) in [6.45, 7) is 7.46. The minimum absolute atomic E-state index is 0.241. The van der Waals surface area contributed by atoms with Crippen molar-refractivity contribution in [1.82, 2.24) is 20.1 Å². The van der Waals surface area contributed by atoms with E-state index in [9.17, 15) is 0 Å². The van der Waals surface area contributed by atoms with Gasteiger partial charge >= 0.3 is 0 Å². The molecular formula is C20H25N5S. The van der Waals surface area contributed by atoms with Crippen molar-refractivity contribution < 1.29 is 0 Å². The normalized spacial score (nSPS) is 15.5. The second-order valence-corrected chi connectivity index (χ2v) is 7.93. The van der Waals surface area contributed by atoms with E-state index >= 15 is 0 Å². The van der Waals surface area contributed by atoms with Crippen LogP contribution in [0.15, 0.2) is 42.7 Å². The molecule has 1 fully saturated rings. The second kappa shape index (κ2) is 7.60. The number of para-hydroxylation sites is 1. The minimum atomic E-state index is 0.241. The fourth-order valence-electron chi connectivity index (χ4n) is 3.47. The van der Waals surface area contributed by atoms with Crippen LogP contribution in [-0.4, -0.2) is 27.9 Å². The van der Waals surface area contributed by atoms with E-state index in [4.69, 9.17) is 0 Å². The number of nitrogens with one attached hydrogen (secondary N) is 1. The van der Waals surface area contributed by atoms with Crippen LogP contribution in [-0.2, 0) is 6.54 Å². The first-order chi connectivity index (χ1) is 12.7. The van der Waals surface area contributed by atoms with Gasteiger partial charge in [-0.25, -0.2) is 9.67 Å². The molecule has 2 aromatic heterocycles. The van der Waals surface area contributed by atoms with Gasteiger partial charge in [0.15, 0.2) is 5.13 Å². The Hall–Kier alpha value is -2.18. The summed E-state index contributed by atoms with van der Waals surface area (Å²) in [5.74, 6) is 0. The standard InChI is InChI=1S/C20H25N5S/c1-15(19-14-23-25(16(19)2)17-8-4-3-5-9-17)21-12-18-13-22-20(26-18)24-10-6-7-11-24/h3-5,8-9,13-15,21H,6-7,10-12H2,1-2H3. The Kier molecular flexibility index (Phi) is 5.04. The van der Waals surface area contributed by atoms with Crippen molar-refractivity contribution in [2.75, 3.05) is 18.0 Å². The van der Waals surface area contributed by atoms with Gasteiger partial charge < -0.3 is 10.2 Å². The van der Waals surface area contributed by atoms with Crippen LogP contribution < -0.4 is 10.2 Å². The monoisotopic (exact) mass is 367 g/mol. The van der Waals surface area contributed by atoms with Crippen molar-refractivity contribution in [2.24, 2.45) is 0 Å². The van der Waals surface area contributed by atoms with E-state index in [1.54, 1.807) is 11.3 Å². The molecule has 6 heteroatoms. The Labute approximate surface area is 158 Å². The van der Waals surface area contributed by atoms with Gasteiger partial charge in [-0.15, -0.1) is 11.3 Å². The molecule has 0 saturated carbocycles. The van der Waals surface area contributed by atoms with E-state index in [0.29, 0.717) is 0 Å². The molecule has 1 unspecified atom stereocenters. The average molecular weight is 368 g/mol. The molecular weight excluding hydrogens is 342 g/mol. The van der Waals surface area contributed by atoms with Crippen molar-refractivity contribution >= 4 is 16.5 Å². The molecule has 136 valence electrons. The van der Waals surface area contributed by atoms with Crippen LogP contribution in [0.3, 0.4) is 0 Å². The molecule has 3 heterocycles. The highest BCUT2D eigenvalue weighted by molar-refractivity contribution is 7.15. The molecule has 5 nitrogen and oxygen atoms in total. The van der Waals surface area contributed by atoms with Crippen LogP contribution in [0, 0.1) is 6.92 Å². The lowest BCUT2D eigenvalue weighted by molar-refractivity contribution is 0.575. The fourth-order valence-corrected chi connectivity index (χ4v) is 4.39. The Balaban J connectivity index is 1.41. The lowest BCUT2D eigenvalue weighted by Gasteiger charge is -2.14. The summed E-state index contributed by atoms with van der Waals surface area (Å²) < 4.78 is 2.01. The highest BCUT2D eigenvalue weighted by Crippen LogP contribution is 2.26. The van der Waals surface area contributed by atoms with E-state index in [0.717, 1.165) is 25.3 Å². The lowest BCUT2D eigenvalue weighted by Crippen LogP contribution is -2.18. The predicted octanol–water partition coefficient (Wildman–Crippen LogP) is 4.09. The molecule has 0 bridgehead atoms. The number of nitrogens with zero attached hydrogens (tertiary/aromatic N) is 4. The van der Waals surface area contributed by atoms with Crippen molar-refractivity contribution in [1.29, 1.82) is 0 Å². The fraction of sp³-hybridized carbons (Fsp3) is 0.400. The van der Waals surface area contributed by atoms with Crippen molar-refractivity contribution in [2.45, 2.75) is 39.3 Å². The van der Waals surface area contributed by atoms with Gasteiger partial charge in [0.2, 0.25) is 0 Å². The zero-order valence-electron chi connectivity index (χ0n) is 15.4. The predicted molar refractivity (Wildman–Crippen MR) is 107 cm³/mol. The van der Waals surface area contributed by atoms with Crippen LogP contribution in [0.2, 0.25) is 0 Å². The van der Waals surface area contributed by atoms with E-state index in [2.05, 4.69) is 46.3 Å². The summed E-state index contributed by atoms with van der Waals surface area (Å²) in [6, 6.07) is 10.5. The molecule has 1 saturated heterocycles. The van der Waals surface area contributed by atoms with Gasteiger partial charge in [-0.05, 0) is 38.8 Å². The molecule has 1 aliphatic rings. The minimum Gasteiger partial charge on any atom is -0.348 e. The summed E-state index contributed by atoms with van der Waals surface area (Å²) in [6.07, 6.45) is 6.56. The average Bonchev–Trinajstić information content (AvgIpc) is 3.41. The molecule has 3 aromatic rings. The molecule has 0 radical (unpaired) electrons. The molecule has 0 aliphatic carbocycles. The Bertz CT molecular complexity index is 848.